The van der Waals surface area contributed by atoms with Crippen molar-refractivity contribution in [3.05, 3.63) is 74.6 Å². The second-order valence-electron chi connectivity index (χ2n) is 7.61. The quantitative estimate of drug-likeness (QED) is 0.597. The van der Waals surface area contributed by atoms with Gasteiger partial charge in [-0.25, -0.2) is 0 Å². The van der Waals surface area contributed by atoms with Crippen molar-refractivity contribution in [2.24, 2.45) is 0 Å². The number of hydrogen-bond acceptors (Lipinski definition) is 5. The molecule has 1 amide bonds. The largest absolute Gasteiger partial charge is 0.496 e. The summed E-state index contributed by atoms with van der Waals surface area (Å²) in [5.74, 6) is 0.426. The number of para-hydroxylation sites is 1. The van der Waals surface area contributed by atoms with Crippen LogP contribution in [0.5, 0.6) is 5.75 Å². The first-order valence-corrected chi connectivity index (χ1v) is 10.1. The van der Waals surface area contributed by atoms with Crippen molar-refractivity contribution in [1.29, 1.82) is 0 Å². The van der Waals surface area contributed by atoms with Gasteiger partial charge in [0.15, 0.2) is 5.43 Å². The van der Waals surface area contributed by atoms with Crippen molar-refractivity contribution in [2.75, 3.05) is 34.3 Å². The molecule has 2 heterocycles. The van der Waals surface area contributed by atoms with Gasteiger partial charge >= 0.3 is 0 Å². The SMILES string of the molecule is COc1ccccc1C1c2c(oc3ccc(Cl)cc3c2=O)C(=O)N1CCCN(C)C. The van der Waals surface area contributed by atoms with Crippen LogP contribution in [0.2, 0.25) is 5.02 Å². The molecule has 1 unspecified atom stereocenters. The number of ether oxygens (including phenoxy) is 1. The Kier molecular flexibility index (Phi) is 5.54. The lowest BCUT2D eigenvalue weighted by Crippen LogP contribution is -2.32. The fraction of sp³-hybridized carbons (Fsp3) is 0.304. The van der Waals surface area contributed by atoms with Crippen LogP contribution >= 0.6 is 11.6 Å². The first kappa shape index (κ1) is 20.4. The molecule has 0 bridgehead atoms. The summed E-state index contributed by atoms with van der Waals surface area (Å²) in [4.78, 5) is 30.6. The van der Waals surface area contributed by atoms with E-state index in [0.717, 1.165) is 18.5 Å². The van der Waals surface area contributed by atoms with Crippen LogP contribution in [-0.4, -0.2) is 50.0 Å². The molecule has 1 aliphatic heterocycles. The molecule has 30 heavy (non-hydrogen) atoms. The number of benzene rings is 2. The average Bonchev–Trinajstić information content (AvgIpc) is 3.00. The Bertz CT molecular complexity index is 1170. The summed E-state index contributed by atoms with van der Waals surface area (Å²) in [5, 5.41) is 0.805. The maximum Gasteiger partial charge on any atom is 0.290 e. The van der Waals surface area contributed by atoms with Crippen LogP contribution in [0.4, 0.5) is 0 Å². The molecule has 0 spiro atoms. The molecular formula is C23H23ClN2O4. The summed E-state index contributed by atoms with van der Waals surface area (Å²) in [6, 6.07) is 11.7. The highest BCUT2D eigenvalue weighted by molar-refractivity contribution is 6.31. The van der Waals surface area contributed by atoms with Gasteiger partial charge in [0, 0.05) is 17.1 Å². The van der Waals surface area contributed by atoms with E-state index in [-0.39, 0.29) is 17.1 Å². The molecule has 7 heteroatoms. The summed E-state index contributed by atoms with van der Waals surface area (Å²) in [5.41, 5.74) is 1.20. The molecule has 6 nitrogen and oxygen atoms in total. The normalized spacial score (nSPS) is 15.8. The van der Waals surface area contributed by atoms with E-state index in [1.54, 1.807) is 30.2 Å². The van der Waals surface area contributed by atoms with E-state index < -0.39 is 6.04 Å². The van der Waals surface area contributed by atoms with E-state index in [1.165, 1.54) is 0 Å². The van der Waals surface area contributed by atoms with Crippen LogP contribution in [-0.2, 0) is 0 Å². The predicted molar refractivity (Wildman–Crippen MR) is 117 cm³/mol. The van der Waals surface area contributed by atoms with Gasteiger partial charge in [-0.05, 0) is 51.3 Å². The van der Waals surface area contributed by atoms with Gasteiger partial charge in [0.25, 0.3) is 5.91 Å². The van der Waals surface area contributed by atoms with Crippen molar-refractivity contribution >= 4 is 28.5 Å². The minimum absolute atomic E-state index is 0.0931. The first-order chi connectivity index (χ1) is 14.4. The van der Waals surface area contributed by atoms with Crippen LogP contribution in [0.15, 0.2) is 51.7 Å². The zero-order valence-corrected chi connectivity index (χ0v) is 17.9. The van der Waals surface area contributed by atoms with E-state index in [4.69, 9.17) is 20.8 Å². The van der Waals surface area contributed by atoms with Crippen LogP contribution in [0.3, 0.4) is 0 Å². The fourth-order valence-corrected chi connectivity index (χ4v) is 4.17. The molecular weight excluding hydrogens is 404 g/mol. The van der Waals surface area contributed by atoms with E-state index in [0.29, 0.717) is 33.8 Å². The van der Waals surface area contributed by atoms with Crippen LogP contribution in [0.25, 0.3) is 11.0 Å². The lowest BCUT2D eigenvalue weighted by Gasteiger charge is -2.26. The minimum Gasteiger partial charge on any atom is -0.496 e. The summed E-state index contributed by atoms with van der Waals surface area (Å²) in [7, 11) is 5.55. The lowest BCUT2D eigenvalue weighted by atomic mass is 9.97. The van der Waals surface area contributed by atoms with Crippen LogP contribution < -0.4 is 10.2 Å². The second kappa shape index (κ2) is 8.13. The Hall–Kier alpha value is -2.83. The Morgan fingerprint density at radius 1 is 1.17 bits per heavy atom. The van der Waals surface area contributed by atoms with E-state index >= 15 is 0 Å². The van der Waals surface area contributed by atoms with Gasteiger partial charge < -0.3 is 19.0 Å². The van der Waals surface area contributed by atoms with Gasteiger partial charge in [0.2, 0.25) is 5.76 Å². The number of amides is 1. The maximum absolute atomic E-state index is 13.5. The van der Waals surface area contributed by atoms with Crippen molar-refractivity contribution < 1.29 is 13.9 Å². The molecule has 4 rings (SSSR count). The molecule has 3 aromatic rings. The molecule has 1 aromatic heterocycles. The van der Waals surface area contributed by atoms with E-state index in [2.05, 4.69) is 4.90 Å². The van der Waals surface area contributed by atoms with E-state index in [1.807, 2.05) is 38.4 Å². The number of methoxy groups -OCH3 is 1. The Morgan fingerprint density at radius 3 is 2.67 bits per heavy atom. The van der Waals surface area contributed by atoms with Gasteiger partial charge in [-0.15, -0.1) is 0 Å². The number of carbonyl (C=O) groups is 1. The number of rotatable bonds is 6. The number of carbonyl (C=O) groups excluding carboxylic acids is 1. The molecule has 0 saturated heterocycles. The molecule has 1 atom stereocenters. The van der Waals surface area contributed by atoms with Gasteiger partial charge in [0.05, 0.1) is 24.1 Å². The Balaban J connectivity index is 1.92. The summed E-state index contributed by atoms with van der Waals surface area (Å²) < 4.78 is 11.5. The maximum atomic E-state index is 13.5. The zero-order valence-electron chi connectivity index (χ0n) is 17.1. The number of halogens is 1. The summed E-state index contributed by atoms with van der Waals surface area (Å²) >= 11 is 6.12. The lowest BCUT2D eigenvalue weighted by molar-refractivity contribution is 0.0721. The number of fused-ring (bicyclic) bond motifs is 2. The monoisotopic (exact) mass is 426 g/mol. The molecule has 0 aliphatic carbocycles. The number of nitrogens with zero attached hydrogens (tertiary/aromatic N) is 2. The highest BCUT2D eigenvalue weighted by atomic mass is 35.5. The number of hydrogen-bond donors (Lipinski definition) is 0. The van der Waals surface area contributed by atoms with Gasteiger partial charge in [0.1, 0.15) is 11.3 Å². The topological polar surface area (TPSA) is 63.0 Å². The van der Waals surface area contributed by atoms with Crippen molar-refractivity contribution in [3.63, 3.8) is 0 Å². The third-order valence-corrected chi connectivity index (χ3v) is 5.60. The third-order valence-electron chi connectivity index (χ3n) is 5.37. The van der Waals surface area contributed by atoms with E-state index in [9.17, 15) is 9.59 Å². The van der Waals surface area contributed by atoms with Crippen molar-refractivity contribution in [3.8, 4) is 5.75 Å². The molecule has 0 N–H and O–H groups in total. The fourth-order valence-electron chi connectivity index (χ4n) is 4.00. The standard InChI is InChI=1S/C23H23ClN2O4/c1-25(2)11-6-12-26-20(15-7-4-5-8-17(15)29-3)19-21(27)16-13-14(24)9-10-18(16)30-22(19)23(26)28/h4-5,7-10,13,20H,6,11-12H2,1-3H3. The Labute approximate surface area is 179 Å². The average molecular weight is 427 g/mol. The first-order valence-electron chi connectivity index (χ1n) is 9.77. The highest BCUT2D eigenvalue weighted by Crippen LogP contribution is 2.41. The molecule has 1 aliphatic rings. The smallest absolute Gasteiger partial charge is 0.290 e. The van der Waals surface area contributed by atoms with Gasteiger partial charge in [-0.2, -0.15) is 0 Å². The van der Waals surface area contributed by atoms with Crippen molar-refractivity contribution in [1.82, 2.24) is 9.80 Å². The second-order valence-corrected chi connectivity index (χ2v) is 8.05. The molecule has 156 valence electrons. The van der Waals surface area contributed by atoms with Crippen LogP contribution in [0, 0.1) is 0 Å². The Morgan fingerprint density at radius 2 is 1.93 bits per heavy atom. The molecule has 0 saturated carbocycles. The molecule has 2 aromatic carbocycles. The van der Waals surface area contributed by atoms with Gasteiger partial charge in [-0.3, -0.25) is 9.59 Å². The summed E-state index contributed by atoms with van der Waals surface area (Å²) in [6.45, 7) is 1.30. The molecule has 0 radical (unpaired) electrons. The van der Waals surface area contributed by atoms with Crippen LogP contribution in [0.1, 0.15) is 34.1 Å². The minimum atomic E-state index is -0.578. The zero-order chi connectivity index (χ0) is 21.4. The molecule has 0 fully saturated rings. The predicted octanol–water partition coefficient (Wildman–Crippen LogP) is 3.95. The highest BCUT2D eigenvalue weighted by Gasteiger charge is 2.43. The van der Waals surface area contributed by atoms with Crippen molar-refractivity contribution in [2.45, 2.75) is 12.5 Å². The van der Waals surface area contributed by atoms with Gasteiger partial charge in [-0.1, -0.05) is 29.8 Å². The summed E-state index contributed by atoms with van der Waals surface area (Å²) in [6.07, 6.45) is 0.762. The third kappa shape index (κ3) is 3.46.